The van der Waals surface area contributed by atoms with E-state index in [0.717, 1.165) is 68.5 Å². The van der Waals surface area contributed by atoms with Gasteiger partial charge in [-0.25, -0.2) is 4.79 Å². The highest BCUT2D eigenvalue weighted by Gasteiger charge is 2.59. The minimum atomic E-state index is -0.259. The van der Waals surface area contributed by atoms with Gasteiger partial charge in [0.05, 0.1) is 6.10 Å². The molecular weight excluding hydrogens is 384 g/mol. The number of rotatable bonds is 7. The number of hydrogen-bond acceptors (Lipinski definition) is 3. The van der Waals surface area contributed by atoms with Crippen LogP contribution in [0.4, 0.5) is 0 Å². The van der Waals surface area contributed by atoms with Crippen molar-refractivity contribution in [3.8, 4) is 0 Å². The van der Waals surface area contributed by atoms with Crippen LogP contribution in [0.2, 0.25) is 0 Å². The molecule has 0 aromatic heterocycles. The molecule has 4 rings (SSSR count). The molecule has 0 radical (unpaired) electrons. The SMILES string of the molecule is CC(CCCC(C=O)C=C=O)[C@H]1CC[C@H]2[C@@H]3CC=C4C[C@@H](O)CC[C@]4(C)[C@H]3CC[C@]12C. The number of aldehydes is 1. The summed E-state index contributed by atoms with van der Waals surface area (Å²) in [5, 5.41) is 10.2. The van der Waals surface area contributed by atoms with Crippen molar-refractivity contribution in [2.75, 3.05) is 0 Å². The maximum absolute atomic E-state index is 11.1. The van der Waals surface area contributed by atoms with Gasteiger partial charge >= 0.3 is 0 Å². The van der Waals surface area contributed by atoms with Crippen LogP contribution in [0.15, 0.2) is 17.7 Å². The van der Waals surface area contributed by atoms with Crippen molar-refractivity contribution in [3.05, 3.63) is 17.7 Å². The zero-order valence-corrected chi connectivity index (χ0v) is 19.8. The first kappa shape index (κ1) is 23.0. The van der Waals surface area contributed by atoms with Crippen molar-refractivity contribution in [3.63, 3.8) is 0 Å². The van der Waals surface area contributed by atoms with E-state index < -0.39 is 0 Å². The third kappa shape index (κ3) is 4.02. The van der Waals surface area contributed by atoms with Crippen LogP contribution in [0.25, 0.3) is 0 Å². The summed E-state index contributed by atoms with van der Waals surface area (Å²) < 4.78 is 0. The van der Waals surface area contributed by atoms with Crippen LogP contribution >= 0.6 is 0 Å². The number of aliphatic hydroxyl groups excluding tert-OH is 1. The van der Waals surface area contributed by atoms with Crippen molar-refractivity contribution >= 4 is 12.2 Å². The molecule has 172 valence electrons. The highest BCUT2D eigenvalue weighted by molar-refractivity contribution is 5.62. The molecule has 0 aromatic carbocycles. The van der Waals surface area contributed by atoms with Gasteiger partial charge in [-0.3, -0.25) is 0 Å². The number of fused-ring (bicyclic) bond motifs is 5. The Morgan fingerprint density at radius 3 is 2.71 bits per heavy atom. The number of carbonyl (C=O) groups excluding carboxylic acids is 2. The average molecular weight is 427 g/mol. The summed E-state index contributed by atoms with van der Waals surface area (Å²) in [5.41, 5.74) is 2.33. The predicted molar refractivity (Wildman–Crippen MR) is 124 cm³/mol. The molecule has 0 saturated heterocycles. The molecule has 3 nitrogen and oxygen atoms in total. The van der Waals surface area contributed by atoms with Gasteiger partial charge in [-0.05, 0) is 98.2 Å². The topological polar surface area (TPSA) is 54.4 Å². The molecule has 0 aliphatic heterocycles. The highest BCUT2D eigenvalue weighted by Crippen LogP contribution is 2.67. The fourth-order valence-corrected chi connectivity index (χ4v) is 8.77. The van der Waals surface area contributed by atoms with Crippen LogP contribution in [-0.4, -0.2) is 23.4 Å². The van der Waals surface area contributed by atoms with E-state index in [2.05, 4.69) is 26.8 Å². The van der Waals surface area contributed by atoms with Gasteiger partial charge in [0.25, 0.3) is 0 Å². The smallest absolute Gasteiger partial charge is 0.127 e. The Balaban J connectivity index is 1.43. The highest BCUT2D eigenvalue weighted by atomic mass is 16.3. The van der Waals surface area contributed by atoms with Crippen molar-refractivity contribution in [1.82, 2.24) is 0 Å². The molecule has 0 heterocycles. The Morgan fingerprint density at radius 1 is 1.16 bits per heavy atom. The van der Waals surface area contributed by atoms with Gasteiger partial charge in [-0.1, -0.05) is 45.3 Å². The monoisotopic (exact) mass is 426 g/mol. The van der Waals surface area contributed by atoms with E-state index >= 15 is 0 Å². The minimum Gasteiger partial charge on any atom is -0.393 e. The summed E-state index contributed by atoms with van der Waals surface area (Å²) in [4.78, 5) is 21.7. The standard InChI is InChI=1S/C28H42O3/c1-19(5-4-6-20(18-30)13-16-29)24-9-10-25-23-8-7-21-17-22(31)11-14-27(21,2)26(23)12-15-28(24,25)3/h7,13,18-20,22-26,31H,4-6,8-12,14-15,17H2,1-3H3/t19?,20?,22-,23-,24+,25-,26-,27-,28+/m0/s1. The Labute approximate surface area is 188 Å². The van der Waals surface area contributed by atoms with Gasteiger partial charge in [0.1, 0.15) is 12.2 Å². The van der Waals surface area contributed by atoms with E-state index in [4.69, 9.17) is 0 Å². The second-order valence-electron chi connectivity index (χ2n) is 11.9. The summed E-state index contributed by atoms with van der Waals surface area (Å²) in [7, 11) is 0. The molecule has 0 amide bonds. The molecule has 2 unspecified atom stereocenters. The van der Waals surface area contributed by atoms with Crippen LogP contribution in [0, 0.1) is 46.3 Å². The Bertz CT molecular complexity index is 749. The zero-order chi connectivity index (χ0) is 22.2. The molecule has 0 bridgehead atoms. The quantitative estimate of drug-likeness (QED) is 0.311. The molecule has 3 saturated carbocycles. The number of allylic oxidation sites excluding steroid dienone is 2. The molecule has 9 atom stereocenters. The lowest BCUT2D eigenvalue weighted by Crippen LogP contribution is -2.50. The molecule has 4 aliphatic rings. The summed E-state index contributed by atoms with van der Waals surface area (Å²) in [6, 6.07) is 0. The fraction of sp³-hybridized carbons (Fsp3) is 0.821. The molecule has 3 fully saturated rings. The molecule has 31 heavy (non-hydrogen) atoms. The summed E-state index contributed by atoms with van der Waals surface area (Å²) in [6.07, 6.45) is 17.3. The van der Waals surface area contributed by atoms with Gasteiger partial charge in [0.15, 0.2) is 0 Å². The van der Waals surface area contributed by atoms with Gasteiger partial charge in [-0.15, -0.1) is 0 Å². The van der Waals surface area contributed by atoms with Crippen molar-refractivity contribution in [1.29, 1.82) is 0 Å². The predicted octanol–water partition coefficient (Wildman–Crippen LogP) is 5.94. The van der Waals surface area contributed by atoms with E-state index in [1.54, 1.807) is 11.5 Å². The van der Waals surface area contributed by atoms with E-state index in [-0.39, 0.29) is 12.0 Å². The van der Waals surface area contributed by atoms with Crippen LogP contribution in [0.3, 0.4) is 0 Å². The van der Waals surface area contributed by atoms with E-state index in [1.807, 2.05) is 0 Å². The third-order valence-corrected chi connectivity index (χ3v) is 10.5. The first-order valence-corrected chi connectivity index (χ1v) is 12.9. The maximum Gasteiger partial charge on any atom is 0.127 e. The number of hydrogen-bond donors (Lipinski definition) is 1. The van der Waals surface area contributed by atoms with Crippen molar-refractivity contribution < 1.29 is 14.7 Å². The van der Waals surface area contributed by atoms with Crippen LogP contribution in [0.5, 0.6) is 0 Å². The second-order valence-corrected chi connectivity index (χ2v) is 11.9. The third-order valence-electron chi connectivity index (χ3n) is 10.5. The lowest BCUT2D eigenvalue weighted by molar-refractivity contribution is -0.110. The molecular formula is C28H42O3. The Morgan fingerprint density at radius 2 is 1.97 bits per heavy atom. The van der Waals surface area contributed by atoms with Crippen LogP contribution < -0.4 is 0 Å². The summed E-state index contributed by atoms with van der Waals surface area (Å²) >= 11 is 0. The van der Waals surface area contributed by atoms with Crippen molar-refractivity contribution in [2.24, 2.45) is 46.3 Å². The van der Waals surface area contributed by atoms with E-state index in [1.165, 1.54) is 38.2 Å². The number of carbonyl (C=O) groups is 1. The van der Waals surface area contributed by atoms with Crippen LogP contribution in [-0.2, 0) is 9.59 Å². The van der Waals surface area contributed by atoms with Crippen LogP contribution in [0.1, 0.15) is 91.4 Å². The lowest BCUT2D eigenvalue weighted by Gasteiger charge is -2.58. The Kier molecular flexibility index (Phi) is 6.67. The van der Waals surface area contributed by atoms with Gasteiger partial charge < -0.3 is 9.90 Å². The zero-order valence-electron chi connectivity index (χ0n) is 19.8. The van der Waals surface area contributed by atoms with E-state index in [0.29, 0.717) is 16.7 Å². The van der Waals surface area contributed by atoms with Gasteiger partial charge in [0.2, 0.25) is 0 Å². The van der Waals surface area contributed by atoms with Gasteiger partial charge in [0, 0.05) is 12.0 Å². The molecule has 0 spiro atoms. The minimum absolute atomic E-state index is 0.123. The molecule has 3 heteroatoms. The molecule has 4 aliphatic carbocycles. The average Bonchev–Trinajstić information content (AvgIpc) is 3.11. The second kappa shape index (κ2) is 8.99. The molecule has 1 N–H and O–H groups in total. The normalized spacial score (nSPS) is 43.5. The fourth-order valence-electron chi connectivity index (χ4n) is 8.77. The first-order valence-electron chi connectivity index (χ1n) is 12.9. The van der Waals surface area contributed by atoms with Crippen molar-refractivity contribution in [2.45, 2.75) is 97.5 Å². The van der Waals surface area contributed by atoms with Gasteiger partial charge in [-0.2, -0.15) is 0 Å². The number of aliphatic hydroxyl groups is 1. The first-order chi connectivity index (χ1) is 14.8. The largest absolute Gasteiger partial charge is 0.393 e. The van der Waals surface area contributed by atoms with E-state index in [9.17, 15) is 14.7 Å². The maximum atomic E-state index is 11.1. The Hall–Kier alpha value is -1.18. The summed E-state index contributed by atoms with van der Waals surface area (Å²) in [6.45, 7) is 7.53. The summed E-state index contributed by atoms with van der Waals surface area (Å²) in [5.74, 6) is 5.43. The lowest BCUT2D eigenvalue weighted by atomic mass is 9.47. The molecule has 0 aromatic rings.